The number of para-hydroxylation sites is 2. The Kier molecular flexibility index (Phi) is 9.15. The lowest BCUT2D eigenvalue weighted by atomic mass is 10.1. The number of rotatable bonds is 11. The van der Waals surface area contributed by atoms with Crippen molar-refractivity contribution in [2.75, 3.05) is 48.5 Å². The van der Waals surface area contributed by atoms with Crippen molar-refractivity contribution < 1.29 is 4.57 Å². The number of pyridine rings is 1. The van der Waals surface area contributed by atoms with E-state index in [1.165, 1.54) is 33.4 Å². The second kappa shape index (κ2) is 12.7. The first-order valence-electron chi connectivity index (χ1n) is 12.0. The molecule has 0 spiro atoms. The predicted octanol–water partition coefficient (Wildman–Crippen LogP) is 6.79. The maximum atomic E-state index is 2.34. The Balaban J connectivity index is 1.22. The molecule has 5 heteroatoms. The molecule has 0 aliphatic rings. The molecule has 0 amide bonds. The summed E-state index contributed by atoms with van der Waals surface area (Å²) in [6, 6.07) is 30.1. The van der Waals surface area contributed by atoms with Gasteiger partial charge in [-0.25, -0.2) is 4.57 Å². The number of nitrogens with zero attached hydrogens (tertiary/aromatic N) is 3. The molecule has 1 heterocycles. The van der Waals surface area contributed by atoms with Crippen LogP contribution in [0.3, 0.4) is 0 Å². The molecule has 0 unspecified atom stereocenters. The number of aryl methyl sites for hydroxylation is 1. The normalized spacial score (nSPS) is 11.3. The third-order valence-corrected chi connectivity index (χ3v) is 8.53. The average molecular weight is 501 g/mol. The third kappa shape index (κ3) is 7.06. The number of benzene rings is 3. The van der Waals surface area contributed by atoms with Gasteiger partial charge >= 0.3 is 0 Å². The van der Waals surface area contributed by atoms with Crippen LogP contribution < -0.4 is 14.4 Å². The summed E-state index contributed by atoms with van der Waals surface area (Å²) < 4.78 is 2.16. The molecular weight excluding hydrogens is 466 g/mol. The van der Waals surface area contributed by atoms with Crippen molar-refractivity contribution in [3.63, 3.8) is 0 Å². The van der Waals surface area contributed by atoms with E-state index in [4.69, 9.17) is 0 Å². The van der Waals surface area contributed by atoms with Crippen molar-refractivity contribution in [3.8, 4) is 0 Å². The predicted molar refractivity (Wildman–Crippen MR) is 158 cm³/mol. The smallest absolute Gasteiger partial charge is 0.212 e. The highest BCUT2D eigenvalue weighted by atomic mass is 33.1. The van der Waals surface area contributed by atoms with Crippen molar-refractivity contribution in [1.29, 1.82) is 0 Å². The minimum atomic E-state index is 1.04. The fraction of sp³-hybridized carbons (Fsp3) is 0.233. The van der Waals surface area contributed by atoms with Crippen LogP contribution in [0, 0.1) is 0 Å². The number of aromatic nitrogens is 1. The molecule has 0 fully saturated rings. The summed E-state index contributed by atoms with van der Waals surface area (Å²) in [5.74, 6) is 2.23. The van der Waals surface area contributed by atoms with Crippen molar-refractivity contribution in [2.45, 2.75) is 0 Å². The molecule has 0 saturated carbocycles. The first-order valence-corrected chi connectivity index (χ1v) is 14.5. The van der Waals surface area contributed by atoms with Crippen molar-refractivity contribution in [1.82, 2.24) is 0 Å². The lowest BCUT2D eigenvalue weighted by Gasteiger charge is -2.20. The van der Waals surface area contributed by atoms with Gasteiger partial charge in [0.15, 0.2) is 6.20 Å². The van der Waals surface area contributed by atoms with Crippen LogP contribution in [0.4, 0.5) is 11.4 Å². The highest BCUT2D eigenvalue weighted by Crippen LogP contribution is 2.24. The second-order valence-corrected chi connectivity index (χ2v) is 11.3. The lowest BCUT2D eigenvalue weighted by Crippen LogP contribution is -2.28. The van der Waals surface area contributed by atoms with Gasteiger partial charge in [-0.2, -0.15) is 0 Å². The van der Waals surface area contributed by atoms with Crippen LogP contribution >= 0.6 is 21.6 Å². The Hall–Kier alpha value is -2.89. The van der Waals surface area contributed by atoms with E-state index in [9.17, 15) is 0 Å². The third-order valence-electron chi connectivity index (χ3n) is 6.16. The molecule has 1 aromatic heterocycles. The highest BCUT2D eigenvalue weighted by Gasteiger charge is 2.07. The molecule has 0 bridgehead atoms. The second-order valence-electron chi connectivity index (χ2n) is 8.65. The van der Waals surface area contributed by atoms with Gasteiger partial charge < -0.3 is 9.80 Å². The molecule has 3 aromatic carbocycles. The van der Waals surface area contributed by atoms with Crippen molar-refractivity contribution in [3.05, 3.63) is 102 Å². The summed E-state index contributed by atoms with van der Waals surface area (Å²) in [6.45, 7) is 2.10. The molecule has 0 atom stereocenters. The number of hydrogen-bond donors (Lipinski definition) is 0. The van der Waals surface area contributed by atoms with E-state index in [1.54, 1.807) is 0 Å². The van der Waals surface area contributed by atoms with Gasteiger partial charge in [0.1, 0.15) is 7.05 Å². The Morgan fingerprint density at radius 3 is 1.97 bits per heavy atom. The van der Waals surface area contributed by atoms with Gasteiger partial charge in [-0.1, -0.05) is 76.2 Å². The van der Waals surface area contributed by atoms with Crippen LogP contribution in [-0.4, -0.2) is 38.7 Å². The summed E-state index contributed by atoms with van der Waals surface area (Å²) in [5, 5.41) is 1.27. The van der Waals surface area contributed by atoms with Gasteiger partial charge in [0.25, 0.3) is 0 Å². The van der Waals surface area contributed by atoms with E-state index in [1.807, 2.05) is 21.6 Å². The fourth-order valence-corrected chi connectivity index (χ4v) is 6.05. The van der Waals surface area contributed by atoms with Gasteiger partial charge in [-0.3, -0.25) is 0 Å². The fourth-order valence-electron chi connectivity index (χ4n) is 3.97. The van der Waals surface area contributed by atoms with Crippen LogP contribution in [-0.2, 0) is 7.05 Å². The highest BCUT2D eigenvalue weighted by molar-refractivity contribution is 8.76. The van der Waals surface area contributed by atoms with Crippen LogP contribution in [0.1, 0.15) is 11.1 Å². The lowest BCUT2D eigenvalue weighted by molar-refractivity contribution is -0.644. The van der Waals surface area contributed by atoms with Crippen LogP contribution in [0.5, 0.6) is 0 Å². The molecule has 0 N–H and O–H groups in total. The standard InChI is InChI=1S/C30H34N3S2/c1-31(27-9-5-4-6-10-27)21-23-34-35-24-22-32(2)28-17-14-25(15-18-28)13-16-26-19-20-33(3)30-12-8-7-11-29(26)30/h4-20H,21-24H2,1-3H3/q+1. The van der Waals surface area contributed by atoms with Crippen molar-refractivity contribution in [2.24, 2.45) is 7.05 Å². The largest absolute Gasteiger partial charge is 0.374 e. The maximum Gasteiger partial charge on any atom is 0.212 e. The minimum absolute atomic E-state index is 1.04. The molecule has 4 aromatic rings. The Labute approximate surface area is 217 Å². The summed E-state index contributed by atoms with van der Waals surface area (Å²) in [4.78, 5) is 4.65. The summed E-state index contributed by atoms with van der Waals surface area (Å²) in [7, 11) is 10.3. The monoisotopic (exact) mass is 500 g/mol. The van der Waals surface area contributed by atoms with Gasteiger partial charge in [-0.15, -0.1) is 0 Å². The van der Waals surface area contributed by atoms with E-state index >= 15 is 0 Å². The van der Waals surface area contributed by atoms with Crippen LogP contribution in [0.25, 0.3) is 23.1 Å². The van der Waals surface area contributed by atoms with E-state index in [0.29, 0.717) is 0 Å². The maximum absolute atomic E-state index is 2.34. The Morgan fingerprint density at radius 1 is 0.686 bits per heavy atom. The molecule has 0 saturated heterocycles. The van der Waals surface area contributed by atoms with E-state index in [2.05, 4.69) is 139 Å². The summed E-state index contributed by atoms with van der Waals surface area (Å²) in [5.41, 5.74) is 6.23. The quantitative estimate of drug-likeness (QED) is 0.127. The molecule has 4 rings (SSSR count). The van der Waals surface area contributed by atoms with E-state index in [-0.39, 0.29) is 0 Å². The zero-order chi connectivity index (χ0) is 24.5. The van der Waals surface area contributed by atoms with E-state index in [0.717, 1.165) is 24.6 Å². The minimum Gasteiger partial charge on any atom is -0.374 e. The molecule has 0 aliphatic heterocycles. The van der Waals surface area contributed by atoms with Gasteiger partial charge in [-0.05, 0) is 41.5 Å². The zero-order valence-corrected chi connectivity index (χ0v) is 22.4. The van der Waals surface area contributed by atoms with Gasteiger partial charge in [0.05, 0.1) is 5.39 Å². The molecule has 0 aliphatic carbocycles. The topological polar surface area (TPSA) is 10.4 Å². The SMILES string of the molecule is CN(CCSSCCN(C)c1ccc(/C=C/c2cc[n+](C)c3ccccc23)cc1)c1ccccc1. The zero-order valence-electron chi connectivity index (χ0n) is 20.8. The van der Waals surface area contributed by atoms with E-state index < -0.39 is 0 Å². The number of hydrogen-bond acceptors (Lipinski definition) is 4. The molecule has 3 nitrogen and oxygen atoms in total. The average Bonchev–Trinajstić information content (AvgIpc) is 2.91. The van der Waals surface area contributed by atoms with Crippen LogP contribution in [0.2, 0.25) is 0 Å². The Bertz CT molecular complexity index is 1240. The molecule has 0 radical (unpaired) electrons. The van der Waals surface area contributed by atoms with Crippen LogP contribution in [0.15, 0.2) is 91.1 Å². The van der Waals surface area contributed by atoms with Gasteiger partial charge in [0.2, 0.25) is 5.52 Å². The number of fused-ring (bicyclic) bond motifs is 1. The molecule has 180 valence electrons. The van der Waals surface area contributed by atoms with Gasteiger partial charge in [0, 0.05) is 62.2 Å². The first-order chi connectivity index (χ1) is 17.1. The molecular formula is C30H34N3S2+. The Morgan fingerprint density at radius 2 is 1.29 bits per heavy atom. The number of anilines is 2. The summed E-state index contributed by atoms with van der Waals surface area (Å²) >= 11 is 0. The molecule has 35 heavy (non-hydrogen) atoms. The van der Waals surface area contributed by atoms with Crippen molar-refractivity contribution >= 4 is 56.0 Å². The summed E-state index contributed by atoms with van der Waals surface area (Å²) in [6.07, 6.45) is 6.53. The first kappa shape index (κ1) is 25.2.